The Morgan fingerprint density at radius 3 is 2.54 bits per heavy atom. The lowest BCUT2D eigenvalue weighted by Gasteiger charge is -2.23. The van der Waals surface area contributed by atoms with E-state index in [0.29, 0.717) is 17.0 Å². The van der Waals surface area contributed by atoms with Gasteiger partial charge in [-0.1, -0.05) is 43.6 Å². The smallest absolute Gasteiger partial charge is 0.260 e. The second kappa shape index (κ2) is 11.7. The van der Waals surface area contributed by atoms with Gasteiger partial charge in [0, 0.05) is 18.2 Å². The van der Waals surface area contributed by atoms with Crippen LogP contribution in [-0.4, -0.2) is 59.9 Å². The fraction of sp³-hybridized carbons (Fsp3) is 0.333. The molecule has 0 fully saturated rings. The molecule has 3 N–H and O–H groups in total. The summed E-state index contributed by atoms with van der Waals surface area (Å²) in [4.78, 5) is 53.2. The lowest BCUT2D eigenvalue weighted by molar-refractivity contribution is -0.136. The number of carbonyl (C=O) groups is 4. The molecule has 0 saturated heterocycles. The van der Waals surface area contributed by atoms with Crippen molar-refractivity contribution in [2.24, 2.45) is 5.92 Å². The number of benzene rings is 2. The van der Waals surface area contributed by atoms with Gasteiger partial charge >= 0.3 is 0 Å². The van der Waals surface area contributed by atoms with E-state index >= 15 is 0 Å². The Bertz CT molecular complexity index is 1120. The molecule has 0 spiro atoms. The molecular formula is C24H27ClN4O6. The van der Waals surface area contributed by atoms with Crippen molar-refractivity contribution in [3.05, 3.63) is 58.6 Å². The summed E-state index contributed by atoms with van der Waals surface area (Å²) in [6, 6.07) is 11.5. The van der Waals surface area contributed by atoms with Crippen molar-refractivity contribution in [1.29, 1.82) is 0 Å². The number of anilines is 1. The van der Waals surface area contributed by atoms with E-state index in [2.05, 4.69) is 10.9 Å². The summed E-state index contributed by atoms with van der Waals surface area (Å²) >= 11 is 6.33. The van der Waals surface area contributed by atoms with Gasteiger partial charge < -0.3 is 14.7 Å². The van der Waals surface area contributed by atoms with Gasteiger partial charge in [-0.15, -0.1) is 0 Å². The fourth-order valence-corrected chi connectivity index (χ4v) is 3.66. The van der Waals surface area contributed by atoms with Crippen molar-refractivity contribution in [1.82, 2.24) is 15.8 Å². The van der Waals surface area contributed by atoms with E-state index in [9.17, 15) is 19.2 Å². The summed E-state index contributed by atoms with van der Waals surface area (Å²) in [5, 5.41) is 9.04. The van der Waals surface area contributed by atoms with Gasteiger partial charge in [0.15, 0.2) is 0 Å². The Morgan fingerprint density at radius 2 is 1.86 bits per heavy atom. The maximum absolute atomic E-state index is 13.4. The predicted molar refractivity (Wildman–Crippen MR) is 129 cm³/mol. The summed E-state index contributed by atoms with van der Waals surface area (Å²) in [6.45, 7) is 2.79. The highest BCUT2D eigenvalue weighted by Crippen LogP contribution is 2.30. The molecule has 2 aromatic carbocycles. The third kappa shape index (κ3) is 6.49. The van der Waals surface area contributed by atoms with Gasteiger partial charge in [0.2, 0.25) is 11.8 Å². The molecule has 10 nitrogen and oxygen atoms in total. The van der Waals surface area contributed by atoms with E-state index in [0.717, 1.165) is 0 Å². The monoisotopic (exact) mass is 502 g/mol. The highest BCUT2D eigenvalue weighted by molar-refractivity contribution is 6.34. The molecule has 2 aromatic rings. The summed E-state index contributed by atoms with van der Waals surface area (Å²) in [5.41, 5.74) is 5.99. The van der Waals surface area contributed by atoms with Crippen molar-refractivity contribution in [3.8, 4) is 5.75 Å². The van der Waals surface area contributed by atoms with Crippen LogP contribution < -0.4 is 20.5 Å². The number of hydrogen-bond donors (Lipinski definition) is 3. The molecule has 11 heteroatoms. The number of hydrazine groups is 1. The van der Waals surface area contributed by atoms with Gasteiger partial charge in [-0.05, 0) is 29.8 Å². The van der Waals surface area contributed by atoms with E-state index in [1.54, 1.807) is 44.2 Å². The molecule has 0 aromatic heterocycles. The SMILES string of the molecule is CC(C)C(=O)NNC(=O)CN1Cc2ccccc2N(C(=O)c2ccc(OCCO)cc2Cl)CC1=O. The molecule has 1 aliphatic heterocycles. The van der Waals surface area contributed by atoms with Crippen LogP contribution in [0.2, 0.25) is 5.02 Å². The molecule has 35 heavy (non-hydrogen) atoms. The number of hydrogen-bond acceptors (Lipinski definition) is 6. The maximum atomic E-state index is 13.4. The summed E-state index contributed by atoms with van der Waals surface area (Å²) in [5.74, 6) is -1.77. The number of amides is 4. The van der Waals surface area contributed by atoms with Crippen LogP contribution in [0.15, 0.2) is 42.5 Å². The summed E-state index contributed by atoms with van der Waals surface area (Å²) in [7, 11) is 0. The number of carbonyl (C=O) groups excluding carboxylic acids is 4. The number of nitrogens with one attached hydrogen (secondary N) is 2. The minimum absolute atomic E-state index is 0.0855. The Morgan fingerprint density at radius 1 is 1.11 bits per heavy atom. The number of fused-ring (bicyclic) bond motifs is 1. The number of aliphatic hydroxyl groups is 1. The quantitative estimate of drug-likeness (QED) is 0.492. The van der Waals surface area contributed by atoms with Crippen molar-refractivity contribution < 1.29 is 29.0 Å². The highest BCUT2D eigenvalue weighted by atomic mass is 35.5. The normalized spacial score (nSPS) is 13.2. The van der Waals surface area contributed by atoms with E-state index in [-0.39, 0.29) is 55.3 Å². The molecule has 0 unspecified atom stereocenters. The second-order valence-corrected chi connectivity index (χ2v) is 8.58. The number of para-hydroxylation sites is 1. The first-order chi connectivity index (χ1) is 16.7. The molecule has 0 saturated carbocycles. The van der Waals surface area contributed by atoms with Crippen molar-refractivity contribution in [2.45, 2.75) is 20.4 Å². The number of aliphatic hydroxyl groups excluding tert-OH is 1. The van der Waals surface area contributed by atoms with Gasteiger partial charge in [-0.3, -0.25) is 34.9 Å². The number of ether oxygens (including phenoxy) is 1. The van der Waals surface area contributed by atoms with E-state index in [4.69, 9.17) is 21.4 Å². The summed E-state index contributed by atoms with van der Waals surface area (Å²) in [6.07, 6.45) is 0. The predicted octanol–water partition coefficient (Wildman–Crippen LogP) is 1.50. The van der Waals surface area contributed by atoms with Crippen molar-refractivity contribution in [2.75, 3.05) is 31.2 Å². The van der Waals surface area contributed by atoms with Gasteiger partial charge in [0.05, 0.1) is 17.2 Å². The molecule has 1 heterocycles. The Hall–Kier alpha value is -3.63. The fourth-order valence-electron chi connectivity index (χ4n) is 3.40. The number of nitrogens with zero attached hydrogens (tertiary/aromatic N) is 2. The zero-order chi connectivity index (χ0) is 25.5. The largest absolute Gasteiger partial charge is 0.491 e. The van der Waals surface area contributed by atoms with Crippen LogP contribution in [0.5, 0.6) is 5.75 Å². The van der Waals surface area contributed by atoms with Crippen LogP contribution in [0.1, 0.15) is 29.8 Å². The Kier molecular flexibility index (Phi) is 8.67. The zero-order valence-corrected chi connectivity index (χ0v) is 20.2. The molecule has 186 valence electrons. The zero-order valence-electron chi connectivity index (χ0n) is 19.4. The van der Waals surface area contributed by atoms with Crippen LogP contribution in [-0.2, 0) is 20.9 Å². The van der Waals surface area contributed by atoms with Crippen molar-refractivity contribution >= 4 is 40.9 Å². The van der Waals surface area contributed by atoms with E-state index < -0.39 is 17.7 Å². The third-order valence-corrected chi connectivity index (χ3v) is 5.56. The summed E-state index contributed by atoms with van der Waals surface area (Å²) < 4.78 is 5.32. The lowest BCUT2D eigenvalue weighted by atomic mass is 10.1. The van der Waals surface area contributed by atoms with E-state index in [1.165, 1.54) is 21.9 Å². The molecule has 0 aliphatic carbocycles. The average molecular weight is 503 g/mol. The minimum atomic E-state index is -0.564. The molecule has 3 rings (SSSR count). The topological polar surface area (TPSA) is 128 Å². The number of rotatable bonds is 7. The standard InChI is InChI=1S/C24H27ClN4O6/c1-15(2)23(33)27-26-21(31)13-28-12-16-5-3-4-6-20(16)29(14-22(28)32)24(34)18-8-7-17(11-19(18)25)35-10-9-30/h3-8,11,15,30H,9-10,12-14H2,1-2H3,(H,26,31)(H,27,33). The van der Waals surface area contributed by atoms with Gasteiger partial charge in [0.1, 0.15) is 25.4 Å². The lowest BCUT2D eigenvalue weighted by Crippen LogP contribution is -2.49. The molecule has 0 atom stereocenters. The maximum Gasteiger partial charge on any atom is 0.260 e. The Balaban J connectivity index is 1.80. The first kappa shape index (κ1) is 26.0. The average Bonchev–Trinajstić information content (AvgIpc) is 2.97. The minimum Gasteiger partial charge on any atom is -0.491 e. The van der Waals surface area contributed by atoms with Crippen LogP contribution >= 0.6 is 11.6 Å². The van der Waals surface area contributed by atoms with Crippen molar-refractivity contribution in [3.63, 3.8) is 0 Å². The first-order valence-corrected chi connectivity index (χ1v) is 11.4. The van der Waals surface area contributed by atoms with Crippen LogP contribution in [0, 0.1) is 5.92 Å². The Labute approximate surface area is 207 Å². The van der Waals surface area contributed by atoms with E-state index in [1.807, 2.05) is 0 Å². The van der Waals surface area contributed by atoms with Gasteiger partial charge in [0.25, 0.3) is 11.8 Å². The van der Waals surface area contributed by atoms with Gasteiger partial charge in [-0.2, -0.15) is 0 Å². The molecule has 0 radical (unpaired) electrons. The van der Waals surface area contributed by atoms with Gasteiger partial charge in [-0.25, -0.2) is 0 Å². The molecule has 4 amide bonds. The number of halogens is 1. The third-order valence-electron chi connectivity index (χ3n) is 5.25. The molecular weight excluding hydrogens is 476 g/mol. The van der Waals surface area contributed by atoms with Crippen LogP contribution in [0.4, 0.5) is 5.69 Å². The molecule has 0 bridgehead atoms. The molecule has 1 aliphatic rings. The second-order valence-electron chi connectivity index (χ2n) is 8.18. The van der Waals surface area contributed by atoms with Crippen LogP contribution in [0.3, 0.4) is 0 Å². The first-order valence-electron chi connectivity index (χ1n) is 11.0. The van der Waals surface area contributed by atoms with Crippen LogP contribution in [0.25, 0.3) is 0 Å². The highest BCUT2D eigenvalue weighted by Gasteiger charge is 2.31.